The van der Waals surface area contributed by atoms with Crippen molar-refractivity contribution in [1.82, 2.24) is 0 Å². The third-order valence-electron chi connectivity index (χ3n) is 3.95. The van der Waals surface area contributed by atoms with Crippen LogP contribution < -0.4 is 4.74 Å². The third kappa shape index (κ3) is 5.02. The molecular weight excluding hydrogens is 404 g/mol. The number of carbonyl (C=O) groups excluding carboxylic acids is 2. The van der Waals surface area contributed by atoms with Crippen LogP contribution in [0.15, 0.2) is 83.3 Å². The van der Waals surface area contributed by atoms with E-state index in [1.165, 1.54) is 6.08 Å². The Morgan fingerprint density at radius 3 is 2.22 bits per heavy atom. The number of halogens is 1. The highest BCUT2D eigenvalue weighted by Crippen LogP contribution is 2.20. The van der Waals surface area contributed by atoms with Crippen molar-refractivity contribution < 1.29 is 14.3 Å². The second-order valence-electron chi connectivity index (χ2n) is 6.00. The molecule has 3 rings (SSSR count). The van der Waals surface area contributed by atoms with Crippen LogP contribution in [0.2, 0.25) is 0 Å². The molecule has 0 saturated carbocycles. The zero-order chi connectivity index (χ0) is 19.2. The zero-order valence-corrected chi connectivity index (χ0v) is 16.3. The lowest BCUT2D eigenvalue weighted by atomic mass is 10.1. The van der Waals surface area contributed by atoms with Crippen molar-refractivity contribution >= 4 is 33.8 Å². The molecule has 0 saturated heterocycles. The van der Waals surface area contributed by atoms with Crippen LogP contribution in [0.25, 0.3) is 6.08 Å². The molecule has 0 aliphatic carbocycles. The summed E-state index contributed by atoms with van der Waals surface area (Å²) in [5.41, 5.74) is 3.07. The predicted octanol–water partition coefficient (Wildman–Crippen LogP) is 5.87. The van der Waals surface area contributed by atoms with Gasteiger partial charge in [0.1, 0.15) is 5.75 Å². The lowest BCUT2D eigenvalue weighted by Gasteiger charge is -2.06. The number of ketones is 1. The fourth-order valence-electron chi connectivity index (χ4n) is 2.42. The van der Waals surface area contributed by atoms with Crippen LogP contribution in [0.5, 0.6) is 5.75 Å². The van der Waals surface area contributed by atoms with E-state index in [0.29, 0.717) is 21.3 Å². The molecule has 0 atom stereocenters. The maximum atomic E-state index is 12.2. The van der Waals surface area contributed by atoms with Crippen LogP contribution in [0, 0.1) is 6.92 Å². The van der Waals surface area contributed by atoms with Crippen molar-refractivity contribution in [2.45, 2.75) is 6.92 Å². The van der Waals surface area contributed by atoms with E-state index >= 15 is 0 Å². The van der Waals surface area contributed by atoms with Crippen LogP contribution in [0.3, 0.4) is 0 Å². The average molecular weight is 421 g/mol. The summed E-state index contributed by atoms with van der Waals surface area (Å²) in [5.74, 6) is -0.0440. The summed E-state index contributed by atoms with van der Waals surface area (Å²) in [5, 5.41) is 0. The molecule has 0 radical (unpaired) electrons. The minimum Gasteiger partial charge on any atom is -0.423 e. The average Bonchev–Trinajstić information content (AvgIpc) is 2.68. The highest BCUT2D eigenvalue weighted by Gasteiger charge is 2.11. The van der Waals surface area contributed by atoms with E-state index in [0.717, 1.165) is 11.1 Å². The lowest BCUT2D eigenvalue weighted by molar-refractivity contribution is 0.0733. The summed E-state index contributed by atoms with van der Waals surface area (Å²) < 4.78 is 6.07. The highest BCUT2D eigenvalue weighted by molar-refractivity contribution is 9.10. The van der Waals surface area contributed by atoms with Gasteiger partial charge in [0.15, 0.2) is 5.78 Å². The van der Waals surface area contributed by atoms with E-state index < -0.39 is 5.97 Å². The fraction of sp³-hybridized carbons (Fsp3) is 0.0435. The Morgan fingerprint density at radius 2 is 1.56 bits per heavy atom. The van der Waals surface area contributed by atoms with Crippen LogP contribution in [0.4, 0.5) is 0 Å². The maximum Gasteiger partial charge on any atom is 0.344 e. The largest absolute Gasteiger partial charge is 0.423 e. The number of rotatable bonds is 5. The van der Waals surface area contributed by atoms with Gasteiger partial charge in [-0.1, -0.05) is 60.2 Å². The number of benzene rings is 3. The van der Waals surface area contributed by atoms with E-state index in [1.54, 1.807) is 48.5 Å². The minimum absolute atomic E-state index is 0.0561. The summed E-state index contributed by atoms with van der Waals surface area (Å²) in [6.45, 7) is 1.98. The van der Waals surface area contributed by atoms with Crippen molar-refractivity contribution in [2.24, 2.45) is 0 Å². The topological polar surface area (TPSA) is 43.4 Å². The van der Waals surface area contributed by atoms with Gasteiger partial charge in [0.2, 0.25) is 0 Å². The summed E-state index contributed by atoms with van der Waals surface area (Å²) in [7, 11) is 0. The molecule has 3 aromatic rings. The fourth-order valence-corrected chi connectivity index (χ4v) is 2.87. The molecule has 0 spiro atoms. The van der Waals surface area contributed by atoms with E-state index in [2.05, 4.69) is 15.9 Å². The summed E-state index contributed by atoms with van der Waals surface area (Å²) in [6, 6.07) is 21.5. The van der Waals surface area contributed by atoms with Crippen molar-refractivity contribution in [3.63, 3.8) is 0 Å². The van der Waals surface area contributed by atoms with Crippen molar-refractivity contribution in [3.05, 3.63) is 106 Å². The molecule has 0 heterocycles. The molecule has 0 bridgehead atoms. The van der Waals surface area contributed by atoms with Gasteiger partial charge >= 0.3 is 5.97 Å². The summed E-state index contributed by atoms with van der Waals surface area (Å²) in [6.07, 6.45) is 3.27. The quantitative estimate of drug-likeness (QED) is 0.224. The van der Waals surface area contributed by atoms with Gasteiger partial charge in [-0.15, -0.1) is 0 Å². The standard InChI is InChI=1S/C23H17BrO3/c1-16-6-11-18(12-7-16)22(25)15-10-17-8-13-19(14-9-17)27-23(26)20-4-2-3-5-21(20)24/h2-15H,1H3/b15-10+. The van der Waals surface area contributed by atoms with Gasteiger partial charge in [0, 0.05) is 10.0 Å². The second kappa shape index (κ2) is 8.60. The predicted molar refractivity (Wildman–Crippen MR) is 110 cm³/mol. The number of esters is 1. The monoisotopic (exact) mass is 420 g/mol. The van der Waals surface area contributed by atoms with Crippen LogP contribution in [-0.2, 0) is 0 Å². The molecule has 0 fully saturated rings. The van der Waals surface area contributed by atoms with Gasteiger partial charge in [-0.2, -0.15) is 0 Å². The van der Waals surface area contributed by atoms with Gasteiger partial charge in [0.25, 0.3) is 0 Å². The Hall–Kier alpha value is -2.98. The first-order valence-electron chi connectivity index (χ1n) is 8.39. The number of carbonyl (C=O) groups is 2. The van der Waals surface area contributed by atoms with E-state index in [9.17, 15) is 9.59 Å². The molecule has 3 nitrogen and oxygen atoms in total. The summed E-state index contributed by atoms with van der Waals surface area (Å²) in [4.78, 5) is 24.4. The SMILES string of the molecule is Cc1ccc(C(=O)/C=C/c2ccc(OC(=O)c3ccccc3Br)cc2)cc1. The maximum absolute atomic E-state index is 12.2. The lowest BCUT2D eigenvalue weighted by Crippen LogP contribution is -2.09. The molecule has 0 aliphatic rings. The molecule has 0 N–H and O–H groups in total. The Kier molecular flexibility index (Phi) is 5.99. The highest BCUT2D eigenvalue weighted by atomic mass is 79.9. The Labute approximate surface area is 166 Å². The number of aryl methyl sites for hydroxylation is 1. The van der Waals surface area contributed by atoms with Gasteiger partial charge < -0.3 is 4.74 Å². The first kappa shape index (κ1) is 18.8. The Morgan fingerprint density at radius 1 is 0.889 bits per heavy atom. The molecule has 0 aliphatic heterocycles. The number of hydrogen-bond acceptors (Lipinski definition) is 3. The second-order valence-corrected chi connectivity index (χ2v) is 6.86. The molecule has 3 aromatic carbocycles. The smallest absolute Gasteiger partial charge is 0.344 e. The van der Waals surface area contributed by atoms with Crippen LogP contribution in [0.1, 0.15) is 31.8 Å². The molecule has 0 aromatic heterocycles. The van der Waals surface area contributed by atoms with Crippen LogP contribution >= 0.6 is 15.9 Å². The number of hydrogen-bond donors (Lipinski definition) is 0. The van der Waals surface area contributed by atoms with E-state index in [4.69, 9.17) is 4.74 Å². The molecule has 134 valence electrons. The van der Waals surface area contributed by atoms with Gasteiger partial charge in [0.05, 0.1) is 5.56 Å². The normalized spacial score (nSPS) is 10.7. The molecule has 0 amide bonds. The van der Waals surface area contributed by atoms with E-state index in [-0.39, 0.29) is 5.78 Å². The van der Waals surface area contributed by atoms with Crippen molar-refractivity contribution in [1.29, 1.82) is 0 Å². The Balaban J connectivity index is 1.65. The van der Waals surface area contributed by atoms with Gasteiger partial charge in [-0.05, 0) is 58.8 Å². The zero-order valence-electron chi connectivity index (χ0n) is 14.7. The van der Waals surface area contributed by atoms with Crippen molar-refractivity contribution in [2.75, 3.05) is 0 Å². The molecular formula is C23H17BrO3. The molecule has 27 heavy (non-hydrogen) atoms. The van der Waals surface area contributed by atoms with Gasteiger partial charge in [-0.25, -0.2) is 4.79 Å². The van der Waals surface area contributed by atoms with Crippen LogP contribution in [-0.4, -0.2) is 11.8 Å². The van der Waals surface area contributed by atoms with Gasteiger partial charge in [-0.3, -0.25) is 4.79 Å². The summed E-state index contributed by atoms with van der Waals surface area (Å²) >= 11 is 3.34. The minimum atomic E-state index is -0.430. The first-order chi connectivity index (χ1) is 13.0. The Bertz CT molecular complexity index is 987. The van der Waals surface area contributed by atoms with E-state index in [1.807, 2.05) is 37.3 Å². The van der Waals surface area contributed by atoms with Crippen molar-refractivity contribution in [3.8, 4) is 5.75 Å². The number of allylic oxidation sites excluding steroid dienone is 1. The molecule has 0 unspecified atom stereocenters. The number of ether oxygens (including phenoxy) is 1. The third-order valence-corrected chi connectivity index (χ3v) is 4.64. The first-order valence-corrected chi connectivity index (χ1v) is 9.18. The molecule has 4 heteroatoms.